The third-order valence-corrected chi connectivity index (χ3v) is 2.95. The fourth-order valence-electron chi connectivity index (χ4n) is 1.89. The van der Waals surface area contributed by atoms with Crippen molar-refractivity contribution in [1.29, 1.82) is 0 Å². The lowest BCUT2D eigenvalue weighted by molar-refractivity contribution is -0.150. The second-order valence-electron chi connectivity index (χ2n) is 5.11. The number of nitrogens with one attached hydrogen (secondary N) is 1. The molecule has 0 saturated heterocycles. The van der Waals surface area contributed by atoms with Crippen LogP contribution >= 0.6 is 0 Å². The van der Waals surface area contributed by atoms with Gasteiger partial charge in [-0.3, -0.25) is 9.48 Å². The Labute approximate surface area is 109 Å². The topological polar surface area (TPSA) is 56.2 Å². The minimum absolute atomic E-state index is 0.197. The number of aromatic nitrogens is 2. The van der Waals surface area contributed by atoms with Crippen molar-refractivity contribution in [3.63, 3.8) is 0 Å². The normalized spacial score (nSPS) is 11.6. The van der Waals surface area contributed by atoms with E-state index >= 15 is 0 Å². The summed E-state index contributed by atoms with van der Waals surface area (Å²) in [6.07, 6.45) is 2.93. The number of carbonyl (C=O) groups excluding carboxylic acids is 1. The van der Waals surface area contributed by atoms with E-state index in [0.29, 0.717) is 6.54 Å². The van der Waals surface area contributed by atoms with Crippen molar-refractivity contribution in [2.45, 2.75) is 33.7 Å². The van der Waals surface area contributed by atoms with Crippen LogP contribution in [0.1, 0.15) is 32.0 Å². The van der Waals surface area contributed by atoms with Crippen LogP contribution in [0.3, 0.4) is 0 Å². The molecule has 0 aliphatic carbocycles. The minimum atomic E-state index is -0.511. The first-order valence-electron chi connectivity index (χ1n) is 6.21. The second-order valence-corrected chi connectivity index (χ2v) is 5.11. The number of nitrogens with zero attached hydrogens (tertiary/aromatic N) is 2. The van der Waals surface area contributed by atoms with Crippen molar-refractivity contribution in [1.82, 2.24) is 15.1 Å². The third-order valence-electron chi connectivity index (χ3n) is 2.95. The number of rotatable bonds is 6. The maximum atomic E-state index is 11.5. The second kappa shape index (κ2) is 6.00. The summed E-state index contributed by atoms with van der Waals surface area (Å²) in [5.41, 5.74) is 1.77. The first-order valence-corrected chi connectivity index (χ1v) is 6.21. The van der Waals surface area contributed by atoms with Crippen LogP contribution in [0.5, 0.6) is 0 Å². The lowest BCUT2D eigenvalue weighted by Gasteiger charge is -2.21. The molecule has 0 aromatic carbocycles. The summed E-state index contributed by atoms with van der Waals surface area (Å²) in [6.45, 7) is 7.13. The van der Waals surface area contributed by atoms with E-state index in [4.69, 9.17) is 4.74 Å². The Morgan fingerprint density at radius 2 is 2.22 bits per heavy atom. The highest BCUT2D eigenvalue weighted by Crippen LogP contribution is 2.16. The van der Waals surface area contributed by atoms with Gasteiger partial charge in [0.25, 0.3) is 0 Å². The Balaban J connectivity index is 2.53. The summed E-state index contributed by atoms with van der Waals surface area (Å²) in [5.74, 6) is -0.197. The number of aryl methyl sites for hydroxylation is 2. The molecule has 0 unspecified atom stereocenters. The molecule has 1 rings (SSSR count). The number of carbonyl (C=O) groups is 1. The van der Waals surface area contributed by atoms with Gasteiger partial charge in [0, 0.05) is 31.9 Å². The molecule has 0 atom stereocenters. The van der Waals surface area contributed by atoms with E-state index < -0.39 is 5.41 Å². The fourth-order valence-corrected chi connectivity index (χ4v) is 1.89. The zero-order valence-corrected chi connectivity index (χ0v) is 11.9. The first-order chi connectivity index (χ1) is 8.40. The van der Waals surface area contributed by atoms with Gasteiger partial charge in [-0.1, -0.05) is 6.92 Å². The van der Waals surface area contributed by atoms with Gasteiger partial charge in [-0.2, -0.15) is 5.10 Å². The summed E-state index contributed by atoms with van der Waals surface area (Å²) >= 11 is 0. The molecule has 5 heteroatoms. The van der Waals surface area contributed by atoms with Gasteiger partial charge in [0.1, 0.15) is 0 Å². The molecule has 0 aliphatic rings. The van der Waals surface area contributed by atoms with E-state index in [0.717, 1.165) is 18.7 Å². The minimum Gasteiger partial charge on any atom is -0.469 e. The predicted molar refractivity (Wildman–Crippen MR) is 70.1 cm³/mol. The van der Waals surface area contributed by atoms with Crippen LogP contribution in [-0.4, -0.2) is 29.4 Å². The van der Waals surface area contributed by atoms with Gasteiger partial charge in [0.15, 0.2) is 0 Å². The third kappa shape index (κ3) is 3.57. The molecule has 0 radical (unpaired) electrons. The van der Waals surface area contributed by atoms with Gasteiger partial charge in [-0.25, -0.2) is 0 Å². The summed E-state index contributed by atoms with van der Waals surface area (Å²) < 4.78 is 6.59. The van der Waals surface area contributed by atoms with Crippen molar-refractivity contribution in [2.75, 3.05) is 13.7 Å². The maximum absolute atomic E-state index is 11.5. The van der Waals surface area contributed by atoms with Crippen LogP contribution in [0.4, 0.5) is 0 Å². The highest BCUT2D eigenvalue weighted by molar-refractivity contribution is 5.76. The van der Waals surface area contributed by atoms with Crippen LogP contribution in [0.15, 0.2) is 6.20 Å². The van der Waals surface area contributed by atoms with Gasteiger partial charge in [0.2, 0.25) is 0 Å². The molecule has 1 aromatic heterocycles. The summed E-state index contributed by atoms with van der Waals surface area (Å²) in [6, 6.07) is 0. The average molecular weight is 253 g/mol. The largest absolute Gasteiger partial charge is 0.469 e. The van der Waals surface area contributed by atoms with Gasteiger partial charge < -0.3 is 10.1 Å². The van der Waals surface area contributed by atoms with Crippen LogP contribution < -0.4 is 5.32 Å². The highest BCUT2D eigenvalue weighted by Gasteiger charge is 2.28. The predicted octanol–water partition coefficient (Wildman–Crippen LogP) is 1.27. The van der Waals surface area contributed by atoms with Crippen molar-refractivity contribution < 1.29 is 9.53 Å². The molecular weight excluding hydrogens is 230 g/mol. The molecule has 0 aliphatic heterocycles. The van der Waals surface area contributed by atoms with Crippen molar-refractivity contribution in [3.05, 3.63) is 17.5 Å². The summed E-state index contributed by atoms with van der Waals surface area (Å²) in [5, 5.41) is 7.67. The van der Waals surface area contributed by atoms with Gasteiger partial charge in [0.05, 0.1) is 18.2 Å². The maximum Gasteiger partial charge on any atom is 0.312 e. The van der Waals surface area contributed by atoms with Gasteiger partial charge in [-0.15, -0.1) is 0 Å². The quantitative estimate of drug-likeness (QED) is 0.776. The Morgan fingerprint density at radius 3 is 2.78 bits per heavy atom. The Morgan fingerprint density at radius 1 is 1.56 bits per heavy atom. The number of esters is 1. The van der Waals surface area contributed by atoms with Crippen LogP contribution in [0.2, 0.25) is 0 Å². The standard InChI is InChI=1S/C13H23N3O2/c1-6-11-10(8-16(4)15-11)7-14-9-13(2,3)12(17)18-5/h8,14H,6-7,9H2,1-5H3. The Bertz CT molecular complexity index is 410. The summed E-state index contributed by atoms with van der Waals surface area (Å²) in [7, 11) is 3.33. The molecular formula is C13H23N3O2. The molecule has 0 amide bonds. The molecule has 1 aromatic rings. The summed E-state index contributed by atoms with van der Waals surface area (Å²) in [4.78, 5) is 11.5. The SMILES string of the molecule is CCc1nn(C)cc1CNCC(C)(C)C(=O)OC. The van der Waals surface area contributed by atoms with Crippen LogP contribution in [0, 0.1) is 5.41 Å². The van der Waals surface area contributed by atoms with Crippen molar-refractivity contribution >= 4 is 5.97 Å². The number of ether oxygens (including phenoxy) is 1. The van der Waals surface area contributed by atoms with Gasteiger partial charge in [-0.05, 0) is 20.3 Å². The van der Waals surface area contributed by atoms with Crippen LogP contribution in [0.25, 0.3) is 0 Å². The van der Waals surface area contributed by atoms with Crippen LogP contribution in [-0.2, 0) is 29.5 Å². The van der Waals surface area contributed by atoms with E-state index in [1.165, 1.54) is 12.7 Å². The molecule has 18 heavy (non-hydrogen) atoms. The van der Waals surface area contributed by atoms with Crippen molar-refractivity contribution in [3.8, 4) is 0 Å². The molecule has 0 fully saturated rings. The van der Waals surface area contributed by atoms with E-state index in [2.05, 4.69) is 17.3 Å². The van der Waals surface area contributed by atoms with E-state index in [9.17, 15) is 4.79 Å². The monoisotopic (exact) mass is 253 g/mol. The number of methoxy groups -OCH3 is 1. The number of hydrogen-bond acceptors (Lipinski definition) is 4. The zero-order chi connectivity index (χ0) is 13.8. The van der Waals surface area contributed by atoms with Crippen molar-refractivity contribution in [2.24, 2.45) is 12.5 Å². The molecule has 0 spiro atoms. The Hall–Kier alpha value is -1.36. The molecule has 102 valence electrons. The smallest absolute Gasteiger partial charge is 0.312 e. The van der Waals surface area contributed by atoms with E-state index in [1.54, 1.807) is 0 Å². The molecule has 1 heterocycles. The molecule has 0 bridgehead atoms. The molecule has 1 N–H and O–H groups in total. The highest BCUT2D eigenvalue weighted by atomic mass is 16.5. The fraction of sp³-hybridized carbons (Fsp3) is 0.692. The Kier molecular flexibility index (Phi) is 4.90. The number of hydrogen-bond donors (Lipinski definition) is 1. The lowest BCUT2D eigenvalue weighted by atomic mass is 9.94. The lowest BCUT2D eigenvalue weighted by Crippen LogP contribution is -2.36. The molecule has 0 saturated carbocycles. The zero-order valence-electron chi connectivity index (χ0n) is 11.9. The van der Waals surface area contributed by atoms with E-state index in [-0.39, 0.29) is 5.97 Å². The average Bonchev–Trinajstić information content (AvgIpc) is 2.68. The molecule has 5 nitrogen and oxygen atoms in total. The van der Waals surface area contributed by atoms with Gasteiger partial charge >= 0.3 is 5.97 Å². The van der Waals surface area contributed by atoms with E-state index in [1.807, 2.05) is 31.8 Å². The first kappa shape index (κ1) is 14.7.